The molecule has 3 rings (SSSR count). The molecule has 0 spiro atoms. The summed E-state index contributed by atoms with van der Waals surface area (Å²) in [6.45, 7) is 5.68. The van der Waals surface area contributed by atoms with Crippen LogP contribution in [0.25, 0.3) is 10.9 Å². The summed E-state index contributed by atoms with van der Waals surface area (Å²) >= 11 is 0. The lowest BCUT2D eigenvalue weighted by Gasteiger charge is -2.31. The molecule has 1 aliphatic heterocycles. The standard InChI is InChI=1S/C17H22N2O/c1-12(2)16-8-5-9-19(16)17-10-13(11-20)18-15-7-4-3-6-14(15)17/h3-4,6-7,10,12,16,20H,5,8-9,11H2,1-2H3. The zero-order valence-electron chi connectivity index (χ0n) is 12.2. The fourth-order valence-electron chi connectivity index (χ4n) is 3.31. The molecule has 0 amide bonds. The predicted octanol–water partition coefficient (Wildman–Crippen LogP) is 3.35. The maximum absolute atomic E-state index is 9.46. The molecule has 20 heavy (non-hydrogen) atoms. The summed E-state index contributed by atoms with van der Waals surface area (Å²) in [5, 5.41) is 10.7. The van der Waals surface area contributed by atoms with E-state index in [0.29, 0.717) is 12.0 Å². The largest absolute Gasteiger partial charge is 0.390 e. The lowest BCUT2D eigenvalue weighted by Crippen LogP contribution is -2.33. The SMILES string of the molecule is CC(C)C1CCCN1c1cc(CO)nc2ccccc12. The number of rotatable bonds is 3. The van der Waals surface area contributed by atoms with Crippen LogP contribution in [0.15, 0.2) is 30.3 Å². The third-order valence-corrected chi connectivity index (χ3v) is 4.29. The summed E-state index contributed by atoms with van der Waals surface area (Å²) in [6.07, 6.45) is 2.50. The number of nitrogens with zero attached hydrogens (tertiary/aromatic N) is 2. The van der Waals surface area contributed by atoms with Gasteiger partial charge in [0.25, 0.3) is 0 Å². The number of anilines is 1. The topological polar surface area (TPSA) is 36.4 Å². The van der Waals surface area contributed by atoms with Crippen molar-refractivity contribution in [2.75, 3.05) is 11.4 Å². The van der Waals surface area contributed by atoms with Gasteiger partial charge in [0.15, 0.2) is 0 Å². The lowest BCUT2D eigenvalue weighted by atomic mass is 10.0. The van der Waals surface area contributed by atoms with E-state index in [1.54, 1.807) is 0 Å². The van der Waals surface area contributed by atoms with Gasteiger partial charge in [0.05, 0.1) is 17.8 Å². The monoisotopic (exact) mass is 270 g/mol. The van der Waals surface area contributed by atoms with Crippen molar-refractivity contribution in [1.82, 2.24) is 4.98 Å². The number of fused-ring (bicyclic) bond motifs is 1. The Morgan fingerprint density at radius 1 is 1.35 bits per heavy atom. The molecule has 1 N–H and O–H groups in total. The Balaban J connectivity index is 2.14. The van der Waals surface area contributed by atoms with Crippen molar-refractivity contribution in [3.8, 4) is 0 Å². The first-order valence-corrected chi connectivity index (χ1v) is 7.47. The molecule has 0 bridgehead atoms. The minimum atomic E-state index is -0.00196. The molecule has 1 saturated heterocycles. The van der Waals surface area contributed by atoms with Crippen LogP contribution in [0.5, 0.6) is 0 Å². The zero-order valence-corrected chi connectivity index (χ0v) is 12.2. The fraction of sp³-hybridized carbons (Fsp3) is 0.471. The minimum Gasteiger partial charge on any atom is -0.390 e. The van der Waals surface area contributed by atoms with Gasteiger partial charge in [0.1, 0.15) is 0 Å². The molecule has 1 aromatic heterocycles. The number of pyridine rings is 1. The summed E-state index contributed by atoms with van der Waals surface area (Å²) in [5.41, 5.74) is 2.97. The van der Waals surface area contributed by atoms with Crippen molar-refractivity contribution in [2.24, 2.45) is 5.92 Å². The van der Waals surface area contributed by atoms with Crippen LogP contribution in [0, 0.1) is 5.92 Å². The van der Waals surface area contributed by atoms with Gasteiger partial charge in [0.2, 0.25) is 0 Å². The summed E-state index contributed by atoms with van der Waals surface area (Å²) in [4.78, 5) is 7.03. The molecule has 1 atom stereocenters. The molecule has 1 unspecified atom stereocenters. The Bertz CT molecular complexity index is 609. The Hall–Kier alpha value is -1.61. The second-order valence-electron chi connectivity index (χ2n) is 5.95. The van der Waals surface area contributed by atoms with Gasteiger partial charge in [-0.05, 0) is 30.9 Å². The van der Waals surface area contributed by atoms with Crippen LogP contribution in [0.3, 0.4) is 0 Å². The number of hydrogen-bond donors (Lipinski definition) is 1. The summed E-state index contributed by atoms with van der Waals surface area (Å²) in [7, 11) is 0. The molecule has 0 saturated carbocycles. The van der Waals surface area contributed by atoms with Crippen molar-refractivity contribution in [1.29, 1.82) is 0 Å². The van der Waals surface area contributed by atoms with Crippen LogP contribution in [0.2, 0.25) is 0 Å². The first kappa shape index (κ1) is 13.4. The van der Waals surface area contributed by atoms with Gasteiger partial charge in [-0.25, -0.2) is 0 Å². The summed E-state index contributed by atoms with van der Waals surface area (Å²) in [6, 6.07) is 10.9. The van der Waals surface area contributed by atoms with E-state index in [9.17, 15) is 5.11 Å². The fourth-order valence-corrected chi connectivity index (χ4v) is 3.31. The van der Waals surface area contributed by atoms with E-state index in [1.807, 2.05) is 12.1 Å². The predicted molar refractivity (Wildman–Crippen MR) is 82.9 cm³/mol. The molecule has 3 nitrogen and oxygen atoms in total. The Morgan fingerprint density at radius 2 is 2.15 bits per heavy atom. The highest BCUT2D eigenvalue weighted by atomic mass is 16.3. The first-order valence-electron chi connectivity index (χ1n) is 7.47. The summed E-state index contributed by atoms with van der Waals surface area (Å²) in [5.74, 6) is 0.641. The number of aromatic nitrogens is 1. The van der Waals surface area contributed by atoms with Crippen molar-refractivity contribution < 1.29 is 5.11 Å². The molecule has 3 heteroatoms. The number of benzene rings is 1. The average molecular weight is 270 g/mol. The van der Waals surface area contributed by atoms with Crippen LogP contribution < -0.4 is 4.90 Å². The van der Waals surface area contributed by atoms with Gasteiger partial charge >= 0.3 is 0 Å². The van der Waals surface area contributed by atoms with Crippen LogP contribution in [-0.4, -0.2) is 22.7 Å². The van der Waals surface area contributed by atoms with Gasteiger partial charge in [-0.15, -0.1) is 0 Å². The van der Waals surface area contributed by atoms with Gasteiger partial charge in [0, 0.05) is 23.7 Å². The van der Waals surface area contributed by atoms with Crippen LogP contribution in [0.4, 0.5) is 5.69 Å². The normalized spacial score (nSPS) is 19.2. The molecular weight excluding hydrogens is 248 g/mol. The van der Waals surface area contributed by atoms with E-state index in [2.05, 4.69) is 41.9 Å². The molecule has 1 fully saturated rings. The Labute approximate surface area is 120 Å². The van der Waals surface area contributed by atoms with Gasteiger partial charge in [-0.1, -0.05) is 32.0 Å². The van der Waals surface area contributed by atoms with Gasteiger partial charge in [-0.3, -0.25) is 4.98 Å². The second kappa shape index (κ2) is 5.41. The number of aliphatic hydroxyl groups is 1. The highest BCUT2D eigenvalue weighted by Gasteiger charge is 2.28. The minimum absolute atomic E-state index is 0.00196. The molecule has 2 aromatic rings. The van der Waals surface area contributed by atoms with Crippen LogP contribution in [-0.2, 0) is 6.61 Å². The maximum Gasteiger partial charge on any atom is 0.0854 e. The molecular formula is C17H22N2O. The molecule has 106 valence electrons. The number of para-hydroxylation sites is 1. The number of hydrogen-bond acceptors (Lipinski definition) is 3. The van der Waals surface area contributed by atoms with E-state index >= 15 is 0 Å². The van der Waals surface area contributed by atoms with Crippen molar-refractivity contribution in [3.05, 3.63) is 36.0 Å². The Morgan fingerprint density at radius 3 is 2.90 bits per heavy atom. The van der Waals surface area contributed by atoms with Gasteiger partial charge in [-0.2, -0.15) is 0 Å². The highest BCUT2D eigenvalue weighted by Crippen LogP contribution is 2.34. The maximum atomic E-state index is 9.46. The van der Waals surface area contributed by atoms with Crippen molar-refractivity contribution in [2.45, 2.75) is 39.3 Å². The number of aliphatic hydroxyl groups excluding tert-OH is 1. The third kappa shape index (κ3) is 2.27. The molecule has 2 heterocycles. The van der Waals surface area contributed by atoms with Crippen molar-refractivity contribution >= 4 is 16.6 Å². The first-order chi connectivity index (χ1) is 9.70. The molecule has 1 aliphatic rings. The van der Waals surface area contributed by atoms with E-state index in [-0.39, 0.29) is 6.61 Å². The summed E-state index contributed by atoms with van der Waals surface area (Å²) < 4.78 is 0. The smallest absolute Gasteiger partial charge is 0.0854 e. The Kier molecular flexibility index (Phi) is 3.62. The van der Waals surface area contributed by atoms with Crippen LogP contribution >= 0.6 is 0 Å². The van der Waals surface area contributed by atoms with Crippen LogP contribution in [0.1, 0.15) is 32.4 Å². The lowest BCUT2D eigenvalue weighted by molar-refractivity contribution is 0.277. The van der Waals surface area contributed by atoms with E-state index in [0.717, 1.165) is 17.8 Å². The molecule has 1 aromatic carbocycles. The highest BCUT2D eigenvalue weighted by molar-refractivity contribution is 5.92. The zero-order chi connectivity index (χ0) is 14.1. The average Bonchev–Trinajstić information content (AvgIpc) is 2.95. The second-order valence-corrected chi connectivity index (χ2v) is 5.95. The third-order valence-electron chi connectivity index (χ3n) is 4.29. The van der Waals surface area contributed by atoms with Gasteiger partial charge < -0.3 is 10.0 Å². The quantitative estimate of drug-likeness (QED) is 0.929. The molecule has 0 aliphatic carbocycles. The van der Waals surface area contributed by atoms with E-state index < -0.39 is 0 Å². The van der Waals surface area contributed by atoms with E-state index in [1.165, 1.54) is 23.9 Å². The molecule has 0 radical (unpaired) electrons. The van der Waals surface area contributed by atoms with Crippen molar-refractivity contribution in [3.63, 3.8) is 0 Å². The van der Waals surface area contributed by atoms with E-state index in [4.69, 9.17) is 0 Å².